The number of benzene rings is 1. The highest BCUT2D eigenvalue weighted by atomic mass is 16.6. The van der Waals surface area contributed by atoms with Crippen molar-refractivity contribution in [1.82, 2.24) is 5.32 Å². The molecule has 0 atom stereocenters. The summed E-state index contributed by atoms with van der Waals surface area (Å²) in [5.41, 5.74) is -1.11. The van der Waals surface area contributed by atoms with Gasteiger partial charge in [0, 0.05) is 19.2 Å². The molecule has 7 nitrogen and oxygen atoms in total. The minimum absolute atomic E-state index is 0.172. The number of nitrogens with one attached hydrogen (secondary N) is 1. The first-order valence-electron chi connectivity index (χ1n) is 6.86. The average molecular weight is 294 g/mol. The van der Waals surface area contributed by atoms with Crippen molar-refractivity contribution in [2.75, 3.05) is 6.54 Å². The fourth-order valence-corrected chi connectivity index (χ4v) is 2.77. The second kappa shape index (κ2) is 6.19. The number of aliphatic hydroxyl groups is 1. The predicted molar refractivity (Wildman–Crippen MR) is 75.2 cm³/mol. The van der Waals surface area contributed by atoms with Gasteiger partial charge in [0.1, 0.15) is 5.56 Å². The standard InChI is InChI=1S/C14H18N2O5/c17-13(18)12-10(4-3-5-11(12)16(20)21)8-15-9-14(19)6-1-2-7-14/h3-5,15,19H,1-2,6-9H2,(H,17,18). The summed E-state index contributed by atoms with van der Waals surface area (Å²) in [5.74, 6) is -1.32. The molecule has 1 fully saturated rings. The first-order chi connectivity index (χ1) is 9.93. The van der Waals surface area contributed by atoms with E-state index >= 15 is 0 Å². The molecule has 1 saturated carbocycles. The fourth-order valence-electron chi connectivity index (χ4n) is 2.77. The van der Waals surface area contributed by atoms with Crippen LogP contribution in [0.4, 0.5) is 5.69 Å². The molecule has 0 amide bonds. The van der Waals surface area contributed by atoms with Crippen molar-refractivity contribution in [3.8, 4) is 0 Å². The van der Waals surface area contributed by atoms with E-state index < -0.39 is 22.2 Å². The Labute approximate surface area is 121 Å². The van der Waals surface area contributed by atoms with Crippen LogP contribution in [-0.2, 0) is 6.54 Å². The van der Waals surface area contributed by atoms with E-state index in [-0.39, 0.29) is 12.1 Å². The fraction of sp³-hybridized carbons (Fsp3) is 0.500. The summed E-state index contributed by atoms with van der Waals surface area (Å²) in [6, 6.07) is 4.19. The summed E-state index contributed by atoms with van der Waals surface area (Å²) in [7, 11) is 0. The molecular formula is C14H18N2O5. The number of hydrogen-bond donors (Lipinski definition) is 3. The van der Waals surface area contributed by atoms with Gasteiger partial charge in [0.15, 0.2) is 0 Å². The van der Waals surface area contributed by atoms with Crippen LogP contribution < -0.4 is 5.32 Å². The molecule has 1 aromatic rings. The molecule has 1 aliphatic rings. The normalized spacial score (nSPS) is 16.8. The molecule has 0 spiro atoms. The molecular weight excluding hydrogens is 276 g/mol. The van der Waals surface area contributed by atoms with Crippen LogP contribution >= 0.6 is 0 Å². The summed E-state index contributed by atoms with van der Waals surface area (Å²) >= 11 is 0. The van der Waals surface area contributed by atoms with Gasteiger partial charge >= 0.3 is 5.97 Å². The second-order valence-electron chi connectivity index (χ2n) is 5.41. The summed E-state index contributed by atoms with van der Waals surface area (Å²) in [4.78, 5) is 21.4. The molecule has 1 aliphatic carbocycles. The molecule has 1 aromatic carbocycles. The van der Waals surface area contributed by atoms with Crippen LogP contribution in [0.1, 0.15) is 41.6 Å². The van der Waals surface area contributed by atoms with Crippen molar-refractivity contribution in [3.63, 3.8) is 0 Å². The largest absolute Gasteiger partial charge is 0.477 e. The van der Waals surface area contributed by atoms with E-state index in [4.69, 9.17) is 0 Å². The molecule has 2 rings (SSSR count). The van der Waals surface area contributed by atoms with Crippen LogP contribution in [0, 0.1) is 10.1 Å². The number of nitro groups is 1. The maximum atomic E-state index is 11.2. The molecule has 7 heteroatoms. The number of nitrogens with zero attached hydrogens (tertiary/aromatic N) is 1. The minimum Gasteiger partial charge on any atom is -0.477 e. The second-order valence-corrected chi connectivity index (χ2v) is 5.41. The Morgan fingerprint density at radius 3 is 2.62 bits per heavy atom. The SMILES string of the molecule is O=C(O)c1c(CNCC2(O)CCCC2)cccc1[N+](=O)[O-]. The number of carboxylic acid groups (broad SMARTS) is 1. The minimum atomic E-state index is -1.32. The maximum absolute atomic E-state index is 11.2. The van der Waals surface area contributed by atoms with Crippen LogP contribution in [-0.4, -0.2) is 33.3 Å². The number of aromatic carboxylic acids is 1. The van der Waals surface area contributed by atoms with Crippen molar-refractivity contribution >= 4 is 11.7 Å². The topological polar surface area (TPSA) is 113 Å². The maximum Gasteiger partial charge on any atom is 0.343 e. The van der Waals surface area contributed by atoms with Crippen molar-refractivity contribution in [1.29, 1.82) is 0 Å². The summed E-state index contributed by atoms with van der Waals surface area (Å²) in [6.45, 7) is 0.528. The number of hydrogen-bond acceptors (Lipinski definition) is 5. The van der Waals surface area contributed by atoms with Gasteiger partial charge in [-0.25, -0.2) is 4.79 Å². The molecule has 21 heavy (non-hydrogen) atoms. The third kappa shape index (κ3) is 3.56. The number of carbonyl (C=O) groups is 1. The highest BCUT2D eigenvalue weighted by molar-refractivity contribution is 5.94. The van der Waals surface area contributed by atoms with Crippen LogP contribution in [0.5, 0.6) is 0 Å². The Morgan fingerprint density at radius 2 is 2.05 bits per heavy atom. The smallest absolute Gasteiger partial charge is 0.343 e. The van der Waals surface area contributed by atoms with Gasteiger partial charge in [0.05, 0.1) is 10.5 Å². The van der Waals surface area contributed by atoms with E-state index in [9.17, 15) is 25.1 Å². The lowest BCUT2D eigenvalue weighted by molar-refractivity contribution is -0.385. The predicted octanol–water partition coefficient (Wildman–Crippen LogP) is 1.69. The lowest BCUT2D eigenvalue weighted by Crippen LogP contribution is -2.37. The Balaban J connectivity index is 2.11. The van der Waals surface area contributed by atoms with Crippen LogP contribution in [0.2, 0.25) is 0 Å². The molecule has 0 radical (unpaired) electrons. The third-order valence-corrected chi connectivity index (χ3v) is 3.84. The summed E-state index contributed by atoms with van der Waals surface area (Å²) < 4.78 is 0. The van der Waals surface area contributed by atoms with Crippen LogP contribution in [0.15, 0.2) is 18.2 Å². The van der Waals surface area contributed by atoms with Crippen molar-refractivity contribution in [3.05, 3.63) is 39.4 Å². The zero-order chi connectivity index (χ0) is 15.5. The van der Waals surface area contributed by atoms with E-state index in [1.54, 1.807) is 6.07 Å². The zero-order valence-corrected chi connectivity index (χ0v) is 11.5. The zero-order valence-electron chi connectivity index (χ0n) is 11.5. The van der Waals surface area contributed by atoms with E-state index in [1.165, 1.54) is 12.1 Å². The molecule has 0 heterocycles. The summed E-state index contributed by atoms with van der Waals surface area (Å²) in [6.07, 6.45) is 3.41. The van der Waals surface area contributed by atoms with Crippen molar-refractivity contribution in [2.45, 2.75) is 37.8 Å². The monoisotopic (exact) mass is 294 g/mol. The highest BCUT2D eigenvalue weighted by Crippen LogP contribution is 2.29. The van der Waals surface area contributed by atoms with Crippen LogP contribution in [0.25, 0.3) is 0 Å². The van der Waals surface area contributed by atoms with Gasteiger partial charge in [-0.05, 0) is 18.4 Å². The molecule has 114 valence electrons. The highest BCUT2D eigenvalue weighted by Gasteiger charge is 2.30. The van der Waals surface area contributed by atoms with Crippen LogP contribution in [0.3, 0.4) is 0 Å². The van der Waals surface area contributed by atoms with E-state index in [2.05, 4.69) is 5.32 Å². The van der Waals surface area contributed by atoms with Crippen molar-refractivity contribution < 1.29 is 19.9 Å². The third-order valence-electron chi connectivity index (χ3n) is 3.84. The van der Waals surface area contributed by atoms with E-state index in [1.807, 2.05) is 0 Å². The number of nitro benzene ring substituents is 1. The Morgan fingerprint density at radius 1 is 1.38 bits per heavy atom. The van der Waals surface area contributed by atoms with Gasteiger partial charge in [-0.2, -0.15) is 0 Å². The first-order valence-corrected chi connectivity index (χ1v) is 6.86. The van der Waals surface area contributed by atoms with Gasteiger partial charge in [0.25, 0.3) is 5.69 Å². The number of carboxylic acids is 1. The Bertz CT molecular complexity index is 552. The molecule has 0 unspecified atom stereocenters. The lowest BCUT2D eigenvalue weighted by atomic mass is 10.0. The van der Waals surface area contributed by atoms with Gasteiger partial charge in [0.2, 0.25) is 0 Å². The Kier molecular flexibility index (Phi) is 4.54. The van der Waals surface area contributed by atoms with E-state index in [0.29, 0.717) is 12.1 Å². The lowest BCUT2D eigenvalue weighted by Gasteiger charge is -2.22. The van der Waals surface area contributed by atoms with Gasteiger partial charge < -0.3 is 15.5 Å². The average Bonchev–Trinajstić information content (AvgIpc) is 2.85. The van der Waals surface area contributed by atoms with E-state index in [0.717, 1.165) is 25.7 Å². The van der Waals surface area contributed by atoms with Gasteiger partial charge in [-0.3, -0.25) is 10.1 Å². The molecule has 3 N–H and O–H groups in total. The quantitative estimate of drug-likeness (QED) is 0.543. The number of rotatable bonds is 6. The van der Waals surface area contributed by atoms with Crippen molar-refractivity contribution in [2.24, 2.45) is 0 Å². The Hall–Kier alpha value is -1.99. The molecule has 0 aromatic heterocycles. The van der Waals surface area contributed by atoms with Gasteiger partial charge in [-0.1, -0.05) is 25.0 Å². The first kappa shape index (κ1) is 15.4. The molecule has 0 saturated heterocycles. The molecule has 0 aliphatic heterocycles. The van der Waals surface area contributed by atoms with Gasteiger partial charge in [-0.15, -0.1) is 0 Å². The molecule has 0 bridgehead atoms. The summed E-state index contributed by atoms with van der Waals surface area (Å²) in [5, 5.41) is 33.3.